The molecule has 0 amide bonds. The van der Waals surface area contributed by atoms with Gasteiger partial charge in [0.25, 0.3) is 0 Å². The van der Waals surface area contributed by atoms with Crippen molar-refractivity contribution in [3.63, 3.8) is 0 Å². The van der Waals surface area contributed by atoms with Gasteiger partial charge in [-0.25, -0.2) is 0 Å². The highest BCUT2D eigenvalue weighted by Gasteiger charge is 2.47. The highest BCUT2D eigenvalue weighted by atomic mass is 16.5. The Kier molecular flexibility index (Phi) is 3.28. The quantitative estimate of drug-likeness (QED) is 0.734. The summed E-state index contributed by atoms with van der Waals surface area (Å²) >= 11 is 0. The lowest BCUT2D eigenvalue weighted by Crippen LogP contribution is -2.41. The Labute approximate surface area is 149 Å². The first-order valence-corrected chi connectivity index (χ1v) is 9.72. The van der Waals surface area contributed by atoms with E-state index in [9.17, 15) is 0 Å². The zero-order valence-corrected chi connectivity index (χ0v) is 15.4. The monoisotopic (exact) mass is 337 g/mol. The molecule has 1 aromatic heterocycles. The van der Waals surface area contributed by atoms with Crippen LogP contribution in [0, 0.1) is 23.7 Å². The normalized spacial score (nSPS) is 30.9. The van der Waals surface area contributed by atoms with Gasteiger partial charge < -0.3 is 4.74 Å². The number of fused-ring (bicyclic) bond motifs is 1. The minimum Gasteiger partial charge on any atom is -0.472 e. The summed E-state index contributed by atoms with van der Waals surface area (Å²) in [6.07, 6.45) is 6.82. The lowest BCUT2D eigenvalue weighted by molar-refractivity contribution is 0.0481. The first-order valence-electron chi connectivity index (χ1n) is 9.72. The molecule has 4 fully saturated rings. The van der Waals surface area contributed by atoms with Crippen molar-refractivity contribution in [3.05, 3.63) is 29.8 Å². The number of ether oxygens (including phenoxy) is 1. The van der Waals surface area contributed by atoms with Gasteiger partial charge in [0.1, 0.15) is 11.1 Å². The molecule has 4 aliphatic rings. The van der Waals surface area contributed by atoms with Crippen molar-refractivity contribution < 1.29 is 4.74 Å². The molecule has 1 heterocycles. The van der Waals surface area contributed by atoms with Crippen LogP contribution >= 0.6 is 0 Å². The second kappa shape index (κ2) is 5.33. The van der Waals surface area contributed by atoms with Crippen LogP contribution in [0.4, 0.5) is 0 Å². The first kappa shape index (κ1) is 15.4. The Morgan fingerprint density at radius 3 is 2.28 bits per heavy atom. The van der Waals surface area contributed by atoms with Crippen LogP contribution in [-0.4, -0.2) is 20.6 Å². The number of para-hydroxylation sites is 1. The second-order valence-electron chi connectivity index (χ2n) is 9.27. The summed E-state index contributed by atoms with van der Waals surface area (Å²) in [6, 6.07) is 8.19. The van der Waals surface area contributed by atoms with Crippen molar-refractivity contribution in [1.29, 1.82) is 0 Å². The average Bonchev–Trinajstić information content (AvgIpc) is 2.95. The van der Waals surface area contributed by atoms with Crippen LogP contribution in [0.15, 0.2) is 29.8 Å². The van der Waals surface area contributed by atoms with Gasteiger partial charge in [0.2, 0.25) is 5.88 Å². The van der Waals surface area contributed by atoms with Crippen LogP contribution in [-0.2, 0) is 4.74 Å². The number of nitrogens with zero attached hydrogens (tertiary/aromatic N) is 3. The van der Waals surface area contributed by atoms with Crippen LogP contribution in [0.1, 0.15) is 52.9 Å². The van der Waals surface area contributed by atoms with E-state index in [0.717, 1.165) is 28.8 Å². The van der Waals surface area contributed by atoms with E-state index in [-0.39, 0.29) is 5.60 Å². The molecule has 0 unspecified atom stereocenters. The lowest BCUT2D eigenvalue weighted by atomic mass is 9.54. The van der Waals surface area contributed by atoms with Gasteiger partial charge in [-0.3, -0.25) is 0 Å². The summed E-state index contributed by atoms with van der Waals surface area (Å²) in [4.78, 5) is 0. The first-order chi connectivity index (χ1) is 12.0. The van der Waals surface area contributed by atoms with Gasteiger partial charge in [-0.2, -0.15) is 4.68 Å². The number of rotatable bonds is 2. The Morgan fingerprint density at radius 2 is 1.64 bits per heavy atom. The molecular formula is C21H27N3O. The van der Waals surface area contributed by atoms with Gasteiger partial charge >= 0.3 is 0 Å². The topological polar surface area (TPSA) is 39.9 Å². The predicted octanol–water partition coefficient (Wildman–Crippen LogP) is 4.87. The molecule has 132 valence electrons. The van der Waals surface area contributed by atoms with Crippen molar-refractivity contribution in [2.45, 2.75) is 58.5 Å². The summed E-state index contributed by atoms with van der Waals surface area (Å²) in [5.41, 5.74) is 3.26. The Balaban J connectivity index is 1.68. The molecule has 4 nitrogen and oxygen atoms in total. The molecule has 2 aromatic rings. The zero-order valence-electron chi connectivity index (χ0n) is 15.4. The average molecular weight is 337 g/mol. The summed E-state index contributed by atoms with van der Waals surface area (Å²) in [5, 5.41) is 8.88. The number of hydrogen-bond donors (Lipinski definition) is 0. The molecule has 1 aromatic carbocycles. The molecule has 0 saturated heterocycles. The molecule has 4 aliphatic carbocycles. The van der Waals surface area contributed by atoms with Crippen molar-refractivity contribution in [1.82, 2.24) is 15.0 Å². The van der Waals surface area contributed by atoms with Crippen molar-refractivity contribution >= 4 is 16.9 Å². The number of benzene rings is 1. The third-order valence-corrected chi connectivity index (χ3v) is 6.21. The van der Waals surface area contributed by atoms with E-state index in [1.165, 1.54) is 37.7 Å². The SMILES string of the molecule is CC(C)(C)OC(=C1C2CC3CC(C2)CC1C3)n1nnc2ccccc21. The second-order valence-corrected chi connectivity index (χ2v) is 9.27. The van der Waals surface area contributed by atoms with E-state index < -0.39 is 0 Å². The van der Waals surface area contributed by atoms with Crippen LogP contribution in [0.3, 0.4) is 0 Å². The molecule has 0 spiro atoms. The zero-order chi connectivity index (χ0) is 17.2. The van der Waals surface area contributed by atoms with Gasteiger partial charge in [-0.1, -0.05) is 17.3 Å². The summed E-state index contributed by atoms with van der Waals surface area (Å²) < 4.78 is 8.53. The minimum absolute atomic E-state index is 0.246. The molecule has 0 aliphatic heterocycles. The fourth-order valence-corrected chi connectivity index (χ4v) is 5.57. The lowest BCUT2D eigenvalue weighted by Gasteiger charge is -2.51. The van der Waals surface area contributed by atoms with Gasteiger partial charge in [0, 0.05) is 0 Å². The molecule has 4 heteroatoms. The number of aromatic nitrogens is 3. The fraction of sp³-hybridized carbons (Fsp3) is 0.619. The maximum absolute atomic E-state index is 6.56. The van der Waals surface area contributed by atoms with Gasteiger partial charge in [-0.05, 0) is 94.3 Å². The molecular weight excluding hydrogens is 310 g/mol. The van der Waals surface area contributed by atoms with Crippen LogP contribution in [0.25, 0.3) is 16.9 Å². The van der Waals surface area contributed by atoms with Crippen molar-refractivity contribution in [2.75, 3.05) is 0 Å². The molecule has 0 N–H and O–H groups in total. The fourth-order valence-electron chi connectivity index (χ4n) is 5.57. The summed E-state index contributed by atoms with van der Waals surface area (Å²) in [5.74, 6) is 4.20. The maximum atomic E-state index is 6.56. The largest absolute Gasteiger partial charge is 0.472 e. The van der Waals surface area contributed by atoms with Crippen LogP contribution in [0.5, 0.6) is 0 Å². The van der Waals surface area contributed by atoms with Crippen LogP contribution < -0.4 is 0 Å². The third-order valence-electron chi connectivity index (χ3n) is 6.21. The molecule has 6 rings (SSSR count). The summed E-state index contributed by atoms with van der Waals surface area (Å²) in [7, 11) is 0. The molecule has 4 bridgehead atoms. The smallest absolute Gasteiger partial charge is 0.216 e. The Bertz CT molecular complexity index is 812. The van der Waals surface area contributed by atoms with Gasteiger partial charge in [0.15, 0.2) is 0 Å². The molecule has 4 saturated carbocycles. The van der Waals surface area contributed by atoms with Crippen molar-refractivity contribution in [2.24, 2.45) is 23.7 Å². The van der Waals surface area contributed by atoms with E-state index in [4.69, 9.17) is 4.74 Å². The van der Waals surface area contributed by atoms with Gasteiger partial charge in [-0.15, -0.1) is 5.10 Å². The number of allylic oxidation sites excluding steroid dienone is 1. The minimum atomic E-state index is -0.246. The molecule has 0 radical (unpaired) electrons. The van der Waals surface area contributed by atoms with E-state index in [1.807, 2.05) is 16.8 Å². The van der Waals surface area contributed by atoms with E-state index >= 15 is 0 Å². The van der Waals surface area contributed by atoms with E-state index in [0.29, 0.717) is 11.8 Å². The molecule has 25 heavy (non-hydrogen) atoms. The summed E-state index contributed by atoms with van der Waals surface area (Å²) in [6.45, 7) is 6.38. The Hall–Kier alpha value is -1.84. The maximum Gasteiger partial charge on any atom is 0.216 e. The van der Waals surface area contributed by atoms with Crippen LogP contribution in [0.2, 0.25) is 0 Å². The molecule has 0 atom stereocenters. The van der Waals surface area contributed by atoms with E-state index in [1.54, 1.807) is 0 Å². The van der Waals surface area contributed by atoms with Crippen molar-refractivity contribution in [3.8, 4) is 0 Å². The third kappa shape index (κ3) is 2.57. The number of hydrogen-bond acceptors (Lipinski definition) is 3. The standard InChI is InChI=1S/C21H27N3O/c1-21(2,3)25-20(24-18-7-5-4-6-17(18)22-23-24)19-15-9-13-8-14(11-15)12-16(19)10-13/h4-7,13-16H,8-12H2,1-3H3. The highest BCUT2D eigenvalue weighted by molar-refractivity contribution is 5.77. The Morgan fingerprint density at radius 1 is 1.00 bits per heavy atom. The predicted molar refractivity (Wildman–Crippen MR) is 98.6 cm³/mol. The van der Waals surface area contributed by atoms with E-state index in [2.05, 4.69) is 43.2 Å². The highest BCUT2D eigenvalue weighted by Crippen LogP contribution is 2.57. The van der Waals surface area contributed by atoms with Gasteiger partial charge in [0.05, 0.1) is 5.52 Å².